The molecule has 0 spiro atoms. The van der Waals surface area contributed by atoms with E-state index in [1.807, 2.05) is 0 Å². The maximum absolute atomic E-state index is 11.0. The van der Waals surface area contributed by atoms with Crippen LogP contribution in [0.4, 0.5) is 0 Å². The van der Waals surface area contributed by atoms with Crippen LogP contribution >= 0.6 is 0 Å². The van der Waals surface area contributed by atoms with Gasteiger partial charge in [-0.2, -0.15) is 0 Å². The summed E-state index contributed by atoms with van der Waals surface area (Å²) in [7, 11) is 0. The van der Waals surface area contributed by atoms with E-state index in [-0.39, 0.29) is 6.54 Å². The smallest absolute Gasteiger partial charge is 0.234 e. The number of hydrogen-bond acceptors (Lipinski definition) is 4. The molecule has 0 radical (unpaired) electrons. The van der Waals surface area contributed by atoms with Gasteiger partial charge in [0.15, 0.2) is 0 Å². The first-order valence-electron chi connectivity index (χ1n) is 5.41. The standard InChI is InChI=1S/C9H20N6O/c1-3-15(4-2)6-5-12-8(9(10)16)7-13-14-11/h8,12H,3-7H2,1-2H3,(H2,10,16). The normalized spacial score (nSPS) is 12.2. The molecular weight excluding hydrogens is 208 g/mol. The van der Waals surface area contributed by atoms with Crippen molar-refractivity contribution in [1.29, 1.82) is 0 Å². The molecule has 0 aliphatic rings. The van der Waals surface area contributed by atoms with Crippen LogP contribution in [0.1, 0.15) is 13.8 Å². The lowest BCUT2D eigenvalue weighted by Gasteiger charge is -2.20. The van der Waals surface area contributed by atoms with Crippen molar-refractivity contribution in [3.8, 4) is 0 Å². The fourth-order valence-corrected chi connectivity index (χ4v) is 1.31. The summed E-state index contributed by atoms with van der Waals surface area (Å²) in [4.78, 5) is 15.8. The van der Waals surface area contributed by atoms with Crippen LogP contribution in [0.25, 0.3) is 10.4 Å². The second kappa shape index (κ2) is 8.96. The second-order valence-electron chi connectivity index (χ2n) is 3.35. The number of nitrogens with two attached hydrogens (primary N) is 1. The van der Waals surface area contributed by atoms with Gasteiger partial charge in [-0.3, -0.25) is 4.79 Å². The number of carbonyl (C=O) groups is 1. The number of amides is 1. The third-order valence-electron chi connectivity index (χ3n) is 2.38. The number of nitrogens with one attached hydrogen (secondary N) is 1. The van der Waals surface area contributed by atoms with Crippen molar-refractivity contribution in [1.82, 2.24) is 10.2 Å². The van der Waals surface area contributed by atoms with Gasteiger partial charge in [0.1, 0.15) is 0 Å². The average Bonchev–Trinajstić information content (AvgIpc) is 2.28. The molecule has 0 aliphatic heterocycles. The van der Waals surface area contributed by atoms with Gasteiger partial charge in [0.05, 0.1) is 12.6 Å². The van der Waals surface area contributed by atoms with E-state index in [4.69, 9.17) is 11.3 Å². The Kier molecular flexibility index (Phi) is 8.24. The Hall–Kier alpha value is -1.30. The highest BCUT2D eigenvalue weighted by Crippen LogP contribution is 1.88. The lowest BCUT2D eigenvalue weighted by Crippen LogP contribution is -2.46. The molecule has 0 aliphatic carbocycles. The van der Waals surface area contributed by atoms with Gasteiger partial charge in [0, 0.05) is 18.0 Å². The number of carbonyl (C=O) groups excluding carboxylic acids is 1. The zero-order chi connectivity index (χ0) is 12.4. The van der Waals surface area contributed by atoms with E-state index in [1.54, 1.807) is 0 Å². The van der Waals surface area contributed by atoms with Crippen molar-refractivity contribution in [2.45, 2.75) is 19.9 Å². The molecule has 0 heterocycles. The Bertz CT molecular complexity index is 246. The molecule has 1 amide bonds. The molecule has 0 aromatic carbocycles. The van der Waals surface area contributed by atoms with E-state index in [9.17, 15) is 4.79 Å². The quantitative estimate of drug-likeness (QED) is 0.331. The molecule has 1 unspecified atom stereocenters. The summed E-state index contributed by atoms with van der Waals surface area (Å²) in [5.41, 5.74) is 13.3. The van der Waals surface area contributed by atoms with Gasteiger partial charge >= 0.3 is 0 Å². The van der Waals surface area contributed by atoms with Crippen LogP contribution in [0.15, 0.2) is 5.11 Å². The van der Waals surface area contributed by atoms with Gasteiger partial charge in [0.25, 0.3) is 0 Å². The van der Waals surface area contributed by atoms with E-state index in [2.05, 4.69) is 34.1 Å². The highest BCUT2D eigenvalue weighted by atomic mass is 16.1. The minimum absolute atomic E-state index is 0.0596. The van der Waals surface area contributed by atoms with Gasteiger partial charge in [-0.15, -0.1) is 0 Å². The molecule has 0 saturated heterocycles. The molecule has 0 fully saturated rings. The molecule has 0 bridgehead atoms. The van der Waals surface area contributed by atoms with Crippen LogP contribution in [0.2, 0.25) is 0 Å². The maximum atomic E-state index is 11.0. The number of rotatable bonds is 9. The Labute approximate surface area is 95.6 Å². The van der Waals surface area contributed by atoms with Crippen molar-refractivity contribution in [2.24, 2.45) is 10.8 Å². The summed E-state index contributed by atoms with van der Waals surface area (Å²) in [6.45, 7) is 7.64. The summed E-state index contributed by atoms with van der Waals surface area (Å²) in [5, 5.41) is 6.31. The van der Waals surface area contributed by atoms with Gasteiger partial charge < -0.3 is 16.0 Å². The van der Waals surface area contributed by atoms with Gasteiger partial charge in [-0.1, -0.05) is 19.0 Å². The zero-order valence-corrected chi connectivity index (χ0v) is 9.89. The third kappa shape index (κ3) is 6.23. The maximum Gasteiger partial charge on any atom is 0.234 e. The first-order valence-corrected chi connectivity index (χ1v) is 5.41. The number of azide groups is 1. The topological polar surface area (TPSA) is 107 Å². The third-order valence-corrected chi connectivity index (χ3v) is 2.38. The van der Waals surface area contributed by atoms with Gasteiger partial charge in [0.2, 0.25) is 5.91 Å². The fraction of sp³-hybridized carbons (Fsp3) is 0.889. The molecule has 3 N–H and O–H groups in total. The predicted octanol–water partition coefficient (Wildman–Crippen LogP) is 0.0820. The molecule has 7 heteroatoms. The summed E-state index contributed by atoms with van der Waals surface area (Å²) in [5.74, 6) is -0.494. The lowest BCUT2D eigenvalue weighted by molar-refractivity contribution is -0.119. The first kappa shape index (κ1) is 14.7. The summed E-state index contributed by atoms with van der Waals surface area (Å²) >= 11 is 0. The SMILES string of the molecule is CCN(CC)CCNC(CN=[N+]=[N-])C(N)=O. The van der Waals surface area contributed by atoms with Crippen LogP contribution in [0, 0.1) is 0 Å². The van der Waals surface area contributed by atoms with E-state index in [0.29, 0.717) is 6.54 Å². The van der Waals surface area contributed by atoms with E-state index in [1.165, 1.54) is 0 Å². The summed E-state index contributed by atoms with van der Waals surface area (Å²) in [6.07, 6.45) is 0. The monoisotopic (exact) mass is 228 g/mol. The van der Waals surface area contributed by atoms with Crippen LogP contribution in [-0.2, 0) is 4.79 Å². The number of likely N-dealkylation sites (N-methyl/N-ethyl adjacent to an activating group) is 1. The van der Waals surface area contributed by atoms with Crippen LogP contribution in [0.3, 0.4) is 0 Å². The Morgan fingerprint density at radius 3 is 2.62 bits per heavy atom. The highest BCUT2D eigenvalue weighted by Gasteiger charge is 2.13. The van der Waals surface area contributed by atoms with Gasteiger partial charge in [-0.25, -0.2) is 0 Å². The molecule has 0 rings (SSSR count). The zero-order valence-electron chi connectivity index (χ0n) is 9.89. The number of nitrogens with zero attached hydrogens (tertiary/aromatic N) is 4. The van der Waals surface area contributed by atoms with Crippen molar-refractivity contribution in [2.75, 3.05) is 32.7 Å². The molecule has 0 aromatic heterocycles. The molecule has 92 valence electrons. The second-order valence-corrected chi connectivity index (χ2v) is 3.35. The van der Waals surface area contributed by atoms with Crippen LogP contribution < -0.4 is 11.1 Å². The van der Waals surface area contributed by atoms with E-state index < -0.39 is 11.9 Å². The van der Waals surface area contributed by atoms with Crippen LogP contribution in [-0.4, -0.2) is 49.6 Å². The van der Waals surface area contributed by atoms with E-state index >= 15 is 0 Å². The number of hydrogen-bond donors (Lipinski definition) is 2. The Morgan fingerprint density at radius 1 is 1.56 bits per heavy atom. The molecule has 0 aromatic rings. The highest BCUT2D eigenvalue weighted by molar-refractivity contribution is 5.80. The largest absolute Gasteiger partial charge is 0.368 e. The van der Waals surface area contributed by atoms with E-state index in [0.717, 1.165) is 19.6 Å². The molecular formula is C9H20N6O. The van der Waals surface area contributed by atoms with Crippen molar-refractivity contribution >= 4 is 5.91 Å². The first-order chi connectivity index (χ1) is 7.65. The fourth-order valence-electron chi connectivity index (χ4n) is 1.31. The van der Waals surface area contributed by atoms with Crippen molar-refractivity contribution < 1.29 is 4.79 Å². The molecule has 7 nitrogen and oxygen atoms in total. The van der Waals surface area contributed by atoms with Crippen molar-refractivity contribution in [3.05, 3.63) is 10.4 Å². The Balaban J connectivity index is 3.92. The van der Waals surface area contributed by atoms with Crippen molar-refractivity contribution in [3.63, 3.8) is 0 Å². The summed E-state index contributed by atoms with van der Waals surface area (Å²) in [6, 6.07) is -0.577. The minimum atomic E-state index is -0.577. The lowest BCUT2D eigenvalue weighted by atomic mass is 10.3. The van der Waals surface area contributed by atoms with Gasteiger partial charge in [-0.05, 0) is 18.6 Å². The predicted molar refractivity (Wildman–Crippen MR) is 62.8 cm³/mol. The van der Waals surface area contributed by atoms with Crippen LogP contribution in [0.5, 0.6) is 0 Å². The number of primary amides is 1. The Morgan fingerprint density at radius 2 is 2.19 bits per heavy atom. The minimum Gasteiger partial charge on any atom is -0.368 e. The molecule has 1 atom stereocenters. The molecule has 16 heavy (non-hydrogen) atoms. The molecule has 0 saturated carbocycles. The summed E-state index contributed by atoms with van der Waals surface area (Å²) < 4.78 is 0. The average molecular weight is 228 g/mol.